The molecule has 0 aliphatic heterocycles. The van der Waals surface area contributed by atoms with Gasteiger partial charge in [-0.3, -0.25) is 75.1 Å². The highest BCUT2D eigenvalue weighted by Gasteiger charge is 2.39. The summed E-state index contributed by atoms with van der Waals surface area (Å²) in [5.41, 5.74) is 0. The van der Waals surface area contributed by atoms with Gasteiger partial charge in [-0.2, -0.15) is 0 Å². The van der Waals surface area contributed by atoms with Crippen molar-refractivity contribution in [3.05, 3.63) is 25.3 Å². The van der Waals surface area contributed by atoms with Gasteiger partial charge in [0, 0.05) is 25.8 Å². The third-order valence-electron chi connectivity index (χ3n) is 10.1. The van der Waals surface area contributed by atoms with E-state index in [1.807, 2.05) is 0 Å². The maximum Gasteiger partial charge on any atom is 0.323 e. The fraction of sp³-hybridized carbons (Fsp3) is 0.578. The van der Waals surface area contributed by atoms with Gasteiger partial charge >= 0.3 is 11.9 Å². The average Bonchev–Trinajstić information content (AvgIpc) is 3.37. The summed E-state index contributed by atoms with van der Waals surface area (Å²) in [6, 6.07) is -10.1. The van der Waals surface area contributed by atoms with E-state index in [1.54, 1.807) is 0 Å². The molecule has 74 heavy (non-hydrogen) atoms. The number of esters is 1. The fourth-order valence-electron chi connectivity index (χ4n) is 6.15. The summed E-state index contributed by atoms with van der Waals surface area (Å²) in [5, 5.41) is 35.9. The van der Waals surface area contributed by atoms with Crippen molar-refractivity contribution < 1.29 is 81.8 Å². The number of nitrogens with one attached hydrogen (secondary N) is 11. The number of aliphatic carboxylic acids is 1. The highest BCUT2D eigenvalue weighted by atomic mass is 16.5. The molecule has 0 aliphatic carbocycles. The Morgan fingerprint density at radius 1 is 0.541 bits per heavy atom. The van der Waals surface area contributed by atoms with Gasteiger partial charge in [0.1, 0.15) is 56.0 Å². The topological polar surface area (TPSA) is 421 Å². The van der Waals surface area contributed by atoms with Crippen molar-refractivity contribution in [2.45, 2.75) is 153 Å². The van der Waals surface area contributed by atoms with Crippen LogP contribution in [0.3, 0.4) is 0 Å². The van der Waals surface area contributed by atoms with Crippen molar-refractivity contribution in [2.24, 2.45) is 0 Å². The summed E-state index contributed by atoms with van der Waals surface area (Å²) >= 11 is 0. The number of hydrogen-bond acceptors (Lipinski definition) is 22. The first-order valence-corrected chi connectivity index (χ1v) is 23.0. The third kappa shape index (κ3) is 24.9. The number of methoxy groups -OCH3 is 1. The third-order valence-corrected chi connectivity index (χ3v) is 10.1. The molecule has 0 aromatic rings. The zero-order valence-corrected chi connectivity index (χ0v) is 42.2. The van der Waals surface area contributed by atoms with Crippen LogP contribution in [-0.4, -0.2) is 194 Å². The first kappa shape index (κ1) is 66.7. The summed E-state index contributed by atoms with van der Waals surface area (Å²) in [6.07, 6.45) is -6.84. The molecule has 0 unspecified atom stereocenters. The molecule has 6 amide bonds. The molecule has 0 fully saturated rings. The van der Waals surface area contributed by atoms with Crippen LogP contribution in [-0.2, 0) is 76.7 Å². The number of hydrogen-bond donors (Lipinski definition) is 12. The van der Waals surface area contributed by atoms with Crippen LogP contribution in [0.2, 0.25) is 0 Å². The van der Waals surface area contributed by atoms with Crippen LogP contribution in [0, 0.1) is 0 Å². The van der Waals surface area contributed by atoms with Gasteiger partial charge in [-0.05, 0) is 54.4 Å². The van der Waals surface area contributed by atoms with Crippen LogP contribution in [0.1, 0.15) is 73.6 Å². The number of carboxylic acids is 1. The van der Waals surface area contributed by atoms with Crippen LogP contribution in [0.25, 0.3) is 0 Å². The Hall–Kier alpha value is -7.31. The minimum atomic E-state index is -2.06. The molecule has 0 rings (SSSR count). The van der Waals surface area contributed by atoms with E-state index in [9.17, 15) is 77.0 Å². The number of carboxylic acid groups (broad SMARTS) is 1. The molecule has 0 saturated heterocycles. The van der Waals surface area contributed by atoms with E-state index in [2.05, 4.69) is 71.6 Å². The smallest absolute Gasteiger partial charge is 0.323 e. The molecule has 0 spiro atoms. The van der Waals surface area contributed by atoms with Gasteiger partial charge in [0.15, 0.2) is 30.4 Å². The Labute approximate surface area is 427 Å². The van der Waals surface area contributed by atoms with E-state index in [0.29, 0.717) is 31.4 Å². The number of aldehydes is 6. The molecule has 0 radical (unpaired) electrons. The second-order valence-electron chi connectivity index (χ2n) is 16.6. The van der Waals surface area contributed by atoms with Crippen molar-refractivity contribution >= 4 is 90.9 Å². The lowest BCUT2D eigenvalue weighted by molar-refractivity contribution is -0.146. The van der Waals surface area contributed by atoms with E-state index in [0.717, 1.165) is 18.1 Å². The lowest BCUT2D eigenvalue weighted by Gasteiger charge is -2.36. The van der Waals surface area contributed by atoms with E-state index in [-0.39, 0.29) is 19.1 Å². The summed E-state index contributed by atoms with van der Waals surface area (Å²) in [4.78, 5) is 192. The van der Waals surface area contributed by atoms with Crippen LogP contribution < -0.4 is 58.5 Å². The zero-order valence-electron chi connectivity index (χ0n) is 42.2. The number of carbonyl (C=O) groups is 15. The fourth-order valence-corrected chi connectivity index (χ4v) is 6.15. The molecule has 13 atom stereocenters. The van der Waals surface area contributed by atoms with Crippen molar-refractivity contribution in [2.75, 3.05) is 13.7 Å². The van der Waals surface area contributed by atoms with Gasteiger partial charge in [-0.25, -0.2) is 0 Å². The molecule has 0 aliphatic rings. The molecule has 0 bridgehead atoms. The predicted molar refractivity (Wildman–Crippen MR) is 259 cm³/mol. The molecular weight excluding hydrogens is 981 g/mol. The van der Waals surface area contributed by atoms with Gasteiger partial charge in [-0.1, -0.05) is 12.2 Å². The summed E-state index contributed by atoms with van der Waals surface area (Å²) in [6.45, 7) is 14.3. The van der Waals surface area contributed by atoms with Crippen LogP contribution in [0.5, 0.6) is 0 Å². The summed E-state index contributed by atoms with van der Waals surface area (Å²) in [7, 11) is 0.984. The maximum atomic E-state index is 14.4. The first-order valence-electron chi connectivity index (χ1n) is 23.0. The zero-order chi connectivity index (χ0) is 56.7. The average molecular weight is 1050 g/mol. The molecule has 0 heterocycles. The van der Waals surface area contributed by atoms with Gasteiger partial charge in [0.25, 0.3) is 23.6 Å². The van der Waals surface area contributed by atoms with Crippen LogP contribution in [0.4, 0.5) is 0 Å². The molecule has 29 heteroatoms. The Morgan fingerprint density at radius 2 is 1.00 bits per heavy atom. The van der Waals surface area contributed by atoms with Crippen LogP contribution in [0.15, 0.2) is 25.3 Å². The number of allylic oxidation sites excluding steroid dienone is 1. The van der Waals surface area contributed by atoms with E-state index >= 15 is 0 Å². The van der Waals surface area contributed by atoms with Crippen molar-refractivity contribution in [3.63, 3.8) is 0 Å². The van der Waals surface area contributed by atoms with Gasteiger partial charge < -0.3 is 70.1 Å². The normalized spacial score (nSPS) is 16.1. The first-order chi connectivity index (χ1) is 34.9. The van der Waals surface area contributed by atoms with Crippen molar-refractivity contribution in [1.82, 2.24) is 63.4 Å². The largest absolute Gasteiger partial charge is 0.481 e. The Kier molecular flexibility index (Phi) is 32.2. The minimum Gasteiger partial charge on any atom is -0.481 e. The van der Waals surface area contributed by atoms with Crippen molar-refractivity contribution in [1.29, 1.82) is 0 Å². The molecule has 0 saturated carbocycles. The minimum absolute atomic E-state index is 0.0157. The standard InChI is InChI=1S/C45H70N12O17/c1-10-12-13-33(65)51-29(8)40(68)56-38(49-27(6)21-61)44(72)57(16-11-2)39(50-28(7)22-62)43(71)55-37(48-26(5)20-60)42(70)54-36(47-25(4)19-59)41(69)53-35(52-30(23-63)14-15-34(66)67)32(64)17-31(45(73)74-9)46-24(3)18-58/h10-11,18-31,35-39,46-50,52H,1-2,12-17H2,3-9H3,(H,51,65)(H,53,69)(H,54,70)(H,55,71)(H,56,68)(H,66,67)/t24-,25-,26-,27-,28-,29-,30+,31-,35+,36-,37+,38+,39-/m0/s1. The highest BCUT2D eigenvalue weighted by molar-refractivity contribution is 5.98. The predicted octanol–water partition coefficient (Wildman–Crippen LogP) is -6.03. The number of rotatable bonds is 41. The van der Waals surface area contributed by atoms with Crippen molar-refractivity contribution in [3.8, 4) is 0 Å². The number of nitrogens with zero attached hydrogens (tertiary/aromatic N) is 1. The van der Waals surface area contributed by atoms with Crippen LogP contribution >= 0.6 is 0 Å². The Bertz CT molecular complexity index is 2010. The number of amides is 6. The van der Waals surface area contributed by atoms with E-state index in [1.165, 1.54) is 47.6 Å². The summed E-state index contributed by atoms with van der Waals surface area (Å²) in [5.74, 6) is -9.98. The number of ether oxygens (including phenoxy) is 1. The molecular formula is C45H70N12O17. The van der Waals surface area contributed by atoms with Gasteiger partial charge in [-0.15, -0.1) is 13.2 Å². The van der Waals surface area contributed by atoms with E-state index < -0.39 is 158 Å². The second-order valence-corrected chi connectivity index (χ2v) is 16.6. The molecule has 29 nitrogen and oxygen atoms in total. The highest BCUT2D eigenvalue weighted by Crippen LogP contribution is 2.08. The number of ketones is 1. The molecule has 0 aromatic carbocycles. The van der Waals surface area contributed by atoms with Gasteiger partial charge in [0.05, 0.1) is 43.4 Å². The quantitative estimate of drug-likeness (QED) is 0.0117. The summed E-state index contributed by atoms with van der Waals surface area (Å²) < 4.78 is 4.72. The molecule has 12 N–H and O–H groups in total. The molecule has 0 aromatic heterocycles. The Morgan fingerprint density at radius 3 is 1.46 bits per heavy atom. The number of carbonyl (C=O) groups excluding carboxylic acids is 14. The monoisotopic (exact) mass is 1050 g/mol. The Balaban J connectivity index is 7.38. The van der Waals surface area contributed by atoms with Gasteiger partial charge in [0.2, 0.25) is 11.8 Å². The lowest BCUT2D eigenvalue weighted by atomic mass is 10.1. The SMILES string of the molecule is C=CCCC(=O)N[C@@H](C)C(=O)N[C@@H](N[C@@H](C)C=O)C(=O)N(CC=C)[C@H](N[C@@H](C)C=O)C(=O)N[C@@H](N[C@@H](C)C=O)C(=O)N[C@H](N[C@@H](C)C=O)C(=O)N[C@@H](N[C@@H](C=O)CCC(=O)O)C(=O)C[C@H](N[C@@H](C)C=O)C(=O)OC. The second kappa shape index (κ2) is 35.7. The number of Topliss-reactive ketones (excluding diaryl/α,β-unsaturated/α-hetero) is 1. The maximum absolute atomic E-state index is 14.4. The lowest BCUT2D eigenvalue weighted by Crippen LogP contribution is -2.69. The van der Waals surface area contributed by atoms with E-state index in [4.69, 9.17) is 4.74 Å². The molecule has 412 valence electrons.